The van der Waals surface area contributed by atoms with E-state index in [0.29, 0.717) is 6.61 Å². The van der Waals surface area contributed by atoms with Crippen LogP contribution in [0, 0.1) is 0 Å². The fourth-order valence-electron chi connectivity index (χ4n) is 1.91. The maximum absolute atomic E-state index is 5.91. The van der Waals surface area contributed by atoms with E-state index in [1.807, 2.05) is 24.4 Å². The molecule has 0 saturated heterocycles. The van der Waals surface area contributed by atoms with Gasteiger partial charge in [-0.1, -0.05) is 6.92 Å². The standard InChI is InChI=1S/C12H13NO2/c1-2-8-7-14-11-4-3-10-9(5-6-13-10)12(11)15-8/h3-6,8,13H,2,7H2,1H3. The Morgan fingerprint density at radius 1 is 1.40 bits per heavy atom. The summed E-state index contributed by atoms with van der Waals surface area (Å²) < 4.78 is 11.6. The number of nitrogens with one attached hydrogen (secondary N) is 1. The molecule has 2 aromatic rings. The first-order chi connectivity index (χ1) is 7.38. The van der Waals surface area contributed by atoms with Crippen LogP contribution in [0.5, 0.6) is 11.5 Å². The van der Waals surface area contributed by atoms with Gasteiger partial charge in [0.2, 0.25) is 0 Å². The lowest BCUT2D eigenvalue weighted by molar-refractivity contribution is 0.0905. The first-order valence-corrected chi connectivity index (χ1v) is 5.28. The summed E-state index contributed by atoms with van der Waals surface area (Å²) in [6, 6.07) is 6.00. The summed E-state index contributed by atoms with van der Waals surface area (Å²) in [6.07, 6.45) is 3.07. The molecule has 3 rings (SSSR count). The number of hydrogen-bond donors (Lipinski definition) is 1. The summed E-state index contributed by atoms with van der Waals surface area (Å²) in [6.45, 7) is 2.76. The van der Waals surface area contributed by atoms with Crippen molar-refractivity contribution in [2.24, 2.45) is 0 Å². The molecule has 2 heterocycles. The van der Waals surface area contributed by atoms with Crippen molar-refractivity contribution in [3.8, 4) is 11.5 Å². The van der Waals surface area contributed by atoms with Crippen molar-refractivity contribution in [3.63, 3.8) is 0 Å². The maximum atomic E-state index is 5.91. The number of ether oxygens (including phenoxy) is 2. The van der Waals surface area contributed by atoms with Gasteiger partial charge in [0.25, 0.3) is 0 Å². The Morgan fingerprint density at radius 2 is 2.33 bits per heavy atom. The van der Waals surface area contributed by atoms with Crippen LogP contribution in [0.1, 0.15) is 13.3 Å². The average Bonchev–Trinajstić information content (AvgIpc) is 2.76. The van der Waals surface area contributed by atoms with E-state index in [0.717, 1.165) is 28.8 Å². The van der Waals surface area contributed by atoms with E-state index >= 15 is 0 Å². The van der Waals surface area contributed by atoms with Crippen LogP contribution >= 0.6 is 0 Å². The van der Waals surface area contributed by atoms with E-state index in [4.69, 9.17) is 9.47 Å². The molecule has 0 spiro atoms. The fourth-order valence-corrected chi connectivity index (χ4v) is 1.91. The van der Waals surface area contributed by atoms with Crippen molar-refractivity contribution >= 4 is 10.9 Å². The van der Waals surface area contributed by atoms with E-state index in [2.05, 4.69) is 11.9 Å². The average molecular weight is 203 g/mol. The molecular weight excluding hydrogens is 190 g/mol. The second-order valence-electron chi connectivity index (χ2n) is 3.79. The van der Waals surface area contributed by atoms with Gasteiger partial charge in [0.1, 0.15) is 12.7 Å². The van der Waals surface area contributed by atoms with Crippen molar-refractivity contribution in [2.45, 2.75) is 19.4 Å². The van der Waals surface area contributed by atoms with Gasteiger partial charge in [0, 0.05) is 17.1 Å². The first-order valence-electron chi connectivity index (χ1n) is 5.28. The number of rotatable bonds is 1. The molecule has 1 N–H and O–H groups in total. The molecule has 0 amide bonds. The largest absolute Gasteiger partial charge is 0.486 e. The lowest BCUT2D eigenvalue weighted by Gasteiger charge is -2.26. The monoisotopic (exact) mass is 203 g/mol. The molecule has 0 saturated carbocycles. The van der Waals surface area contributed by atoms with Crippen LogP contribution in [-0.4, -0.2) is 17.7 Å². The van der Waals surface area contributed by atoms with Crippen molar-refractivity contribution in [3.05, 3.63) is 24.4 Å². The highest BCUT2D eigenvalue weighted by Crippen LogP contribution is 2.38. The molecule has 1 atom stereocenters. The third-order valence-corrected chi connectivity index (χ3v) is 2.81. The van der Waals surface area contributed by atoms with E-state index < -0.39 is 0 Å². The Balaban J connectivity index is 2.15. The third kappa shape index (κ3) is 1.27. The highest BCUT2D eigenvalue weighted by Gasteiger charge is 2.21. The molecule has 0 radical (unpaired) electrons. The molecule has 1 aromatic heterocycles. The summed E-state index contributed by atoms with van der Waals surface area (Å²) in [5, 5.41) is 1.10. The molecule has 3 nitrogen and oxygen atoms in total. The Hall–Kier alpha value is -1.64. The van der Waals surface area contributed by atoms with Gasteiger partial charge in [-0.25, -0.2) is 0 Å². The number of fused-ring (bicyclic) bond motifs is 3. The van der Waals surface area contributed by atoms with Crippen molar-refractivity contribution in [1.82, 2.24) is 4.98 Å². The smallest absolute Gasteiger partial charge is 0.171 e. The van der Waals surface area contributed by atoms with Gasteiger partial charge >= 0.3 is 0 Å². The second kappa shape index (κ2) is 3.19. The molecule has 0 bridgehead atoms. The van der Waals surface area contributed by atoms with Gasteiger partial charge < -0.3 is 14.5 Å². The Labute approximate surface area is 88.0 Å². The molecule has 15 heavy (non-hydrogen) atoms. The number of aromatic amines is 1. The maximum Gasteiger partial charge on any atom is 0.171 e. The van der Waals surface area contributed by atoms with Gasteiger partial charge in [-0.15, -0.1) is 0 Å². The second-order valence-corrected chi connectivity index (χ2v) is 3.79. The Morgan fingerprint density at radius 3 is 3.20 bits per heavy atom. The lowest BCUT2D eigenvalue weighted by atomic mass is 10.2. The highest BCUT2D eigenvalue weighted by atomic mass is 16.6. The van der Waals surface area contributed by atoms with Gasteiger partial charge in [0.05, 0.1) is 0 Å². The van der Waals surface area contributed by atoms with Crippen LogP contribution in [0.3, 0.4) is 0 Å². The molecule has 1 aliphatic rings. The molecule has 0 fully saturated rings. The summed E-state index contributed by atoms with van der Waals surface area (Å²) in [5.41, 5.74) is 1.09. The Kier molecular flexibility index (Phi) is 1.84. The summed E-state index contributed by atoms with van der Waals surface area (Å²) in [7, 11) is 0. The zero-order valence-electron chi connectivity index (χ0n) is 8.62. The van der Waals surface area contributed by atoms with Crippen LogP contribution in [-0.2, 0) is 0 Å². The third-order valence-electron chi connectivity index (χ3n) is 2.81. The van der Waals surface area contributed by atoms with Crippen LogP contribution in [0.25, 0.3) is 10.9 Å². The first kappa shape index (κ1) is 8.65. The molecule has 0 aliphatic carbocycles. The molecule has 1 aromatic carbocycles. The normalized spacial score (nSPS) is 19.4. The lowest BCUT2D eigenvalue weighted by Crippen LogP contribution is -2.28. The topological polar surface area (TPSA) is 34.2 Å². The quantitative estimate of drug-likeness (QED) is 0.773. The van der Waals surface area contributed by atoms with Crippen LogP contribution in [0.2, 0.25) is 0 Å². The molecule has 1 aliphatic heterocycles. The van der Waals surface area contributed by atoms with Gasteiger partial charge in [-0.05, 0) is 24.6 Å². The van der Waals surface area contributed by atoms with Gasteiger partial charge in [-0.2, -0.15) is 0 Å². The SMILES string of the molecule is CCC1COc2ccc3[nH]ccc3c2O1. The zero-order chi connectivity index (χ0) is 10.3. The van der Waals surface area contributed by atoms with Crippen molar-refractivity contribution in [1.29, 1.82) is 0 Å². The summed E-state index contributed by atoms with van der Waals surface area (Å²) >= 11 is 0. The number of aromatic nitrogens is 1. The van der Waals surface area contributed by atoms with Crippen LogP contribution < -0.4 is 9.47 Å². The molecule has 78 valence electrons. The fraction of sp³-hybridized carbons (Fsp3) is 0.333. The van der Waals surface area contributed by atoms with Gasteiger partial charge in [0.15, 0.2) is 11.5 Å². The predicted molar refractivity (Wildman–Crippen MR) is 58.5 cm³/mol. The summed E-state index contributed by atoms with van der Waals surface area (Å²) in [5.74, 6) is 1.73. The minimum absolute atomic E-state index is 0.179. The van der Waals surface area contributed by atoms with Crippen molar-refractivity contribution < 1.29 is 9.47 Å². The molecular formula is C12H13NO2. The van der Waals surface area contributed by atoms with E-state index in [-0.39, 0.29) is 6.10 Å². The Bertz CT molecular complexity index is 489. The minimum atomic E-state index is 0.179. The molecule has 3 heteroatoms. The molecule has 1 unspecified atom stereocenters. The summed E-state index contributed by atoms with van der Waals surface area (Å²) in [4.78, 5) is 3.17. The zero-order valence-corrected chi connectivity index (χ0v) is 8.62. The highest BCUT2D eigenvalue weighted by molar-refractivity contribution is 5.88. The predicted octanol–water partition coefficient (Wildman–Crippen LogP) is 2.72. The van der Waals surface area contributed by atoms with Crippen LogP contribution in [0.4, 0.5) is 0 Å². The van der Waals surface area contributed by atoms with Gasteiger partial charge in [-0.3, -0.25) is 0 Å². The van der Waals surface area contributed by atoms with Crippen LogP contribution in [0.15, 0.2) is 24.4 Å². The van der Waals surface area contributed by atoms with E-state index in [9.17, 15) is 0 Å². The minimum Gasteiger partial charge on any atom is -0.486 e. The number of H-pyrrole nitrogens is 1. The van der Waals surface area contributed by atoms with Crippen molar-refractivity contribution in [2.75, 3.05) is 6.61 Å². The number of benzene rings is 1. The van der Waals surface area contributed by atoms with E-state index in [1.165, 1.54) is 0 Å². The number of hydrogen-bond acceptors (Lipinski definition) is 2. The van der Waals surface area contributed by atoms with E-state index in [1.54, 1.807) is 0 Å².